The van der Waals surface area contributed by atoms with Crippen molar-refractivity contribution >= 4 is 44.7 Å². The number of fused-ring (bicyclic) bond motifs is 1. The van der Waals surface area contributed by atoms with E-state index in [9.17, 15) is 9.90 Å². The minimum absolute atomic E-state index is 0.116. The van der Waals surface area contributed by atoms with Crippen molar-refractivity contribution in [1.29, 1.82) is 0 Å². The molecule has 2 N–H and O–H groups in total. The van der Waals surface area contributed by atoms with E-state index in [1.54, 1.807) is 25.1 Å². The molecule has 4 aromatic rings. The van der Waals surface area contributed by atoms with Crippen LogP contribution in [0.25, 0.3) is 10.8 Å². The van der Waals surface area contributed by atoms with Crippen LogP contribution < -0.4 is 5.32 Å². The molecule has 0 fully saturated rings. The van der Waals surface area contributed by atoms with E-state index >= 15 is 0 Å². The van der Waals surface area contributed by atoms with Crippen LogP contribution in [0.3, 0.4) is 0 Å². The highest BCUT2D eigenvalue weighted by molar-refractivity contribution is 7.09. The number of phenolic OH excluding ortho intramolecular Hbond substituents is 1. The van der Waals surface area contributed by atoms with Gasteiger partial charge in [-0.2, -0.15) is 4.37 Å². The fraction of sp³-hybridized carbons (Fsp3) is 0.0500. The van der Waals surface area contributed by atoms with Gasteiger partial charge in [-0.1, -0.05) is 42.5 Å². The van der Waals surface area contributed by atoms with Crippen LogP contribution in [0.4, 0.5) is 16.5 Å². The standard InChI is InChI=1S/C20H15N5O2S/c1-12-21-20(28-25-12)24-23-17-15-10-6-5-7-13(15)11-16(18(17)26)19(27)22-14-8-3-2-4-9-14/h2-11,26H,1H3,(H,22,27). The Kier molecular flexibility index (Phi) is 4.77. The van der Waals surface area contributed by atoms with E-state index in [4.69, 9.17) is 0 Å². The Bertz CT molecular complexity index is 1190. The zero-order chi connectivity index (χ0) is 19.5. The van der Waals surface area contributed by atoms with E-state index in [0.29, 0.717) is 22.0 Å². The molecule has 0 bridgehead atoms. The number of aryl methyl sites for hydroxylation is 1. The van der Waals surface area contributed by atoms with Crippen LogP contribution in [0.2, 0.25) is 0 Å². The molecule has 8 heteroatoms. The van der Waals surface area contributed by atoms with E-state index in [-0.39, 0.29) is 17.0 Å². The van der Waals surface area contributed by atoms with Crippen LogP contribution in [-0.4, -0.2) is 20.4 Å². The van der Waals surface area contributed by atoms with Crippen LogP contribution in [0.1, 0.15) is 16.2 Å². The lowest BCUT2D eigenvalue weighted by Crippen LogP contribution is -2.12. The molecule has 4 rings (SSSR count). The maximum Gasteiger partial charge on any atom is 0.259 e. The van der Waals surface area contributed by atoms with Crippen molar-refractivity contribution < 1.29 is 9.90 Å². The van der Waals surface area contributed by atoms with Gasteiger partial charge >= 0.3 is 0 Å². The topological polar surface area (TPSA) is 99.8 Å². The lowest BCUT2D eigenvalue weighted by atomic mass is 10.0. The molecule has 28 heavy (non-hydrogen) atoms. The zero-order valence-corrected chi connectivity index (χ0v) is 15.6. The minimum atomic E-state index is -0.433. The monoisotopic (exact) mass is 389 g/mol. The summed E-state index contributed by atoms with van der Waals surface area (Å²) >= 11 is 1.11. The highest BCUT2D eigenvalue weighted by atomic mass is 32.1. The lowest BCUT2D eigenvalue weighted by Gasteiger charge is -2.11. The number of aromatic nitrogens is 2. The third kappa shape index (κ3) is 3.58. The van der Waals surface area contributed by atoms with Gasteiger partial charge in [-0.15, -0.1) is 10.2 Å². The number of amides is 1. The number of nitrogens with zero attached hydrogens (tertiary/aromatic N) is 4. The molecule has 0 aliphatic rings. The summed E-state index contributed by atoms with van der Waals surface area (Å²) in [5, 5.41) is 23.6. The van der Waals surface area contributed by atoms with Gasteiger partial charge in [0.05, 0.1) is 5.56 Å². The highest BCUT2D eigenvalue weighted by Gasteiger charge is 2.18. The Hall–Kier alpha value is -3.65. The van der Waals surface area contributed by atoms with E-state index in [1.807, 2.05) is 42.5 Å². The second-order valence-corrected chi connectivity index (χ2v) is 6.72. The van der Waals surface area contributed by atoms with Gasteiger partial charge in [-0.25, -0.2) is 4.98 Å². The summed E-state index contributed by atoms with van der Waals surface area (Å²) in [5.74, 6) is -0.0706. The van der Waals surface area contributed by atoms with Crippen molar-refractivity contribution in [3.63, 3.8) is 0 Å². The van der Waals surface area contributed by atoms with Crippen LogP contribution in [-0.2, 0) is 0 Å². The fourth-order valence-corrected chi connectivity index (χ4v) is 3.24. The van der Waals surface area contributed by atoms with Gasteiger partial charge in [0.15, 0.2) is 5.75 Å². The number of carbonyl (C=O) groups excluding carboxylic acids is 1. The maximum absolute atomic E-state index is 12.7. The van der Waals surface area contributed by atoms with Crippen LogP contribution >= 0.6 is 11.5 Å². The number of para-hydroxylation sites is 1. The summed E-state index contributed by atoms with van der Waals surface area (Å²) < 4.78 is 4.06. The summed E-state index contributed by atoms with van der Waals surface area (Å²) in [7, 11) is 0. The average Bonchev–Trinajstić information content (AvgIpc) is 3.12. The third-order valence-electron chi connectivity index (χ3n) is 4.02. The smallest absolute Gasteiger partial charge is 0.259 e. The summed E-state index contributed by atoms with van der Waals surface area (Å²) in [6, 6.07) is 18.0. The number of azo groups is 1. The van der Waals surface area contributed by atoms with Gasteiger partial charge < -0.3 is 10.4 Å². The Labute approximate surface area is 164 Å². The predicted molar refractivity (Wildman–Crippen MR) is 109 cm³/mol. The molecule has 0 unspecified atom stereocenters. The molecular formula is C20H15N5O2S. The van der Waals surface area contributed by atoms with E-state index in [2.05, 4.69) is 24.9 Å². The number of hydrogen-bond acceptors (Lipinski definition) is 7. The molecule has 0 spiro atoms. The first-order valence-corrected chi connectivity index (χ1v) is 9.22. The number of hydrogen-bond donors (Lipinski definition) is 2. The molecule has 0 radical (unpaired) electrons. The molecule has 3 aromatic carbocycles. The summed E-state index contributed by atoms with van der Waals surface area (Å²) in [4.78, 5) is 16.9. The van der Waals surface area contributed by atoms with Crippen LogP contribution in [0.15, 0.2) is 70.9 Å². The Balaban J connectivity index is 1.78. The first-order chi connectivity index (χ1) is 13.6. The van der Waals surface area contributed by atoms with Crippen LogP contribution in [0, 0.1) is 6.92 Å². The van der Waals surface area contributed by atoms with Gasteiger partial charge in [0.1, 0.15) is 11.5 Å². The second kappa shape index (κ2) is 7.53. The molecule has 138 valence electrons. The van der Waals surface area contributed by atoms with Gasteiger partial charge in [-0.05, 0) is 30.5 Å². The van der Waals surface area contributed by atoms with Gasteiger partial charge in [-0.3, -0.25) is 4.79 Å². The van der Waals surface area contributed by atoms with Gasteiger partial charge in [0.25, 0.3) is 5.91 Å². The zero-order valence-electron chi connectivity index (χ0n) is 14.8. The van der Waals surface area contributed by atoms with E-state index < -0.39 is 5.91 Å². The quantitative estimate of drug-likeness (QED) is 0.458. The maximum atomic E-state index is 12.7. The van der Waals surface area contributed by atoms with Crippen molar-refractivity contribution in [2.45, 2.75) is 6.92 Å². The number of rotatable bonds is 4. The largest absolute Gasteiger partial charge is 0.505 e. The number of benzene rings is 3. The Morgan fingerprint density at radius 2 is 1.82 bits per heavy atom. The number of carbonyl (C=O) groups is 1. The molecule has 0 saturated heterocycles. The second-order valence-electron chi connectivity index (χ2n) is 5.99. The SMILES string of the molecule is Cc1nsc(N=Nc2c(O)c(C(=O)Nc3ccccc3)cc3ccccc23)n1. The van der Waals surface area contributed by atoms with Crippen molar-refractivity contribution in [1.82, 2.24) is 9.36 Å². The van der Waals surface area contributed by atoms with Gasteiger partial charge in [0.2, 0.25) is 5.13 Å². The Morgan fingerprint density at radius 1 is 1.07 bits per heavy atom. The molecule has 1 aromatic heterocycles. The first-order valence-electron chi connectivity index (χ1n) is 8.45. The fourth-order valence-electron chi connectivity index (χ4n) is 2.73. The predicted octanol–water partition coefficient (Wildman–Crippen LogP) is 5.37. The minimum Gasteiger partial charge on any atom is -0.505 e. The molecule has 0 atom stereocenters. The van der Waals surface area contributed by atoms with Crippen LogP contribution in [0.5, 0.6) is 5.75 Å². The van der Waals surface area contributed by atoms with E-state index in [0.717, 1.165) is 16.9 Å². The van der Waals surface area contributed by atoms with Crippen molar-refractivity contribution in [3.05, 3.63) is 72.1 Å². The average molecular weight is 389 g/mol. The summed E-state index contributed by atoms with van der Waals surface area (Å²) in [6.07, 6.45) is 0. The molecule has 1 amide bonds. The molecule has 0 aliphatic heterocycles. The number of nitrogens with one attached hydrogen (secondary N) is 1. The van der Waals surface area contributed by atoms with Crippen molar-refractivity contribution in [2.75, 3.05) is 5.32 Å². The third-order valence-corrected chi connectivity index (χ3v) is 4.72. The molecule has 1 heterocycles. The number of anilines is 1. The summed E-state index contributed by atoms with van der Waals surface area (Å²) in [5.41, 5.74) is 0.960. The highest BCUT2D eigenvalue weighted by Crippen LogP contribution is 2.39. The molecular weight excluding hydrogens is 374 g/mol. The Morgan fingerprint density at radius 3 is 2.57 bits per heavy atom. The van der Waals surface area contributed by atoms with E-state index in [1.165, 1.54) is 0 Å². The summed E-state index contributed by atoms with van der Waals surface area (Å²) in [6.45, 7) is 1.76. The van der Waals surface area contributed by atoms with Crippen molar-refractivity contribution in [2.24, 2.45) is 10.2 Å². The molecule has 0 saturated carbocycles. The lowest BCUT2D eigenvalue weighted by molar-refractivity contribution is 0.102. The normalized spacial score (nSPS) is 11.2. The first kappa shape index (κ1) is 17.7. The molecule has 7 nitrogen and oxygen atoms in total. The van der Waals surface area contributed by atoms with Gasteiger partial charge in [0, 0.05) is 22.6 Å². The number of phenols is 1. The van der Waals surface area contributed by atoms with Crippen molar-refractivity contribution in [3.8, 4) is 5.75 Å². The molecule has 0 aliphatic carbocycles. The number of aromatic hydroxyl groups is 1.